The van der Waals surface area contributed by atoms with Crippen LogP contribution >= 0.6 is 23.2 Å². The van der Waals surface area contributed by atoms with Gasteiger partial charge in [0, 0.05) is 29.9 Å². The minimum Gasteiger partial charge on any atom is -0.486 e. The van der Waals surface area contributed by atoms with Crippen LogP contribution in [0.5, 0.6) is 5.75 Å². The van der Waals surface area contributed by atoms with Crippen LogP contribution in [0.3, 0.4) is 0 Å². The van der Waals surface area contributed by atoms with Crippen LogP contribution in [0.25, 0.3) is 17.1 Å². The van der Waals surface area contributed by atoms with Crippen LogP contribution in [0, 0.1) is 6.92 Å². The second kappa shape index (κ2) is 13.3. The third kappa shape index (κ3) is 7.19. The quantitative estimate of drug-likeness (QED) is 0.204. The number of ether oxygens (including phenoxy) is 2. The number of carbonyl (C=O) groups is 3. The predicted octanol–water partition coefficient (Wildman–Crippen LogP) is 5.40. The van der Waals surface area contributed by atoms with E-state index in [2.05, 4.69) is 20.0 Å². The monoisotopic (exact) mass is 592 g/mol. The maximum Gasteiger partial charge on any atom is 0.337 e. The molecular weight excluding hydrogens is 567 g/mol. The fourth-order valence-electron chi connectivity index (χ4n) is 3.83. The summed E-state index contributed by atoms with van der Waals surface area (Å²) in [6.45, 7) is 1.61. The van der Waals surface area contributed by atoms with E-state index in [1.54, 1.807) is 61.8 Å². The molecule has 1 heterocycles. The lowest BCUT2D eigenvalue weighted by atomic mass is 10.1. The third-order valence-electron chi connectivity index (χ3n) is 6.10. The highest BCUT2D eigenvalue weighted by molar-refractivity contribution is 6.38. The Bertz CT molecular complexity index is 1640. The average molecular weight is 593 g/mol. The van der Waals surface area contributed by atoms with Gasteiger partial charge in [-0.1, -0.05) is 41.4 Å². The number of esters is 1. The van der Waals surface area contributed by atoms with Gasteiger partial charge in [-0.2, -0.15) is 0 Å². The number of aromatic nitrogens is 2. The van der Waals surface area contributed by atoms with Gasteiger partial charge < -0.3 is 19.7 Å². The summed E-state index contributed by atoms with van der Waals surface area (Å²) in [5, 5.41) is 3.18. The zero-order chi connectivity index (χ0) is 29.5. The second-order valence-corrected chi connectivity index (χ2v) is 9.69. The molecule has 0 aliphatic carbocycles. The first-order chi connectivity index (χ1) is 19.7. The first-order valence-corrected chi connectivity index (χ1v) is 13.2. The van der Waals surface area contributed by atoms with Crippen LogP contribution < -0.4 is 15.0 Å². The molecule has 0 radical (unpaired) electrons. The number of methoxy groups -OCH3 is 1. The van der Waals surface area contributed by atoms with Crippen molar-refractivity contribution in [3.05, 3.63) is 99.3 Å². The van der Waals surface area contributed by atoms with Gasteiger partial charge in [0.05, 0.1) is 41.1 Å². The number of anilines is 1. The van der Waals surface area contributed by atoms with E-state index in [0.29, 0.717) is 44.2 Å². The molecule has 4 rings (SSSR count). The zero-order valence-corrected chi connectivity index (χ0v) is 24.0. The first kappa shape index (κ1) is 29.5. The zero-order valence-electron chi connectivity index (χ0n) is 22.5. The number of rotatable bonds is 9. The lowest BCUT2D eigenvalue weighted by Crippen LogP contribution is -2.37. The number of hydrogen-bond donors (Lipinski definition) is 1. The molecule has 0 saturated carbocycles. The van der Waals surface area contributed by atoms with Crippen molar-refractivity contribution < 1.29 is 23.9 Å². The number of fused-ring (bicyclic) bond motifs is 1. The molecule has 210 valence electrons. The summed E-state index contributed by atoms with van der Waals surface area (Å²) in [4.78, 5) is 46.9. The summed E-state index contributed by atoms with van der Waals surface area (Å²) in [5.41, 5.74) is 4.06. The van der Waals surface area contributed by atoms with Crippen molar-refractivity contribution in [1.82, 2.24) is 15.3 Å². The van der Waals surface area contributed by atoms with Crippen molar-refractivity contribution in [2.45, 2.75) is 13.5 Å². The predicted molar refractivity (Wildman–Crippen MR) is 158 cm³/mol. The van der Waals surface area contributed by atoms with E-state index in [1.165, 1.54) is 18.1 Å². The van der Waals surface area contributed by atoms with Gasteiger partial charge >= 0.3 is 5.97 Å². The first-order valence-electron chi connectivity index (χ1n) is 12.4. The highest BCUT2D eigenvalue weighted by Gasteiger charge is 2.19. The molecule has 2 amide bonds. The molecule has 0 fully saturated rings. The van der Waals surface area contributed by atoms with E-state index in [0.717, 1.165) is 5.69 Å². The molecule has 0 bridgehead atoms. The summed E-state index contributed by atoms with van der Waals surface area (Å²) in [6.07, 6.45) is 4.54. The lowest BCUT2D eigenvalue weighted by molar-refractivity contribution is -0.122. The number of likely N-dealkylation sites (N-methyl/N-ethyl adjacent to an activating group) is 1. The highest BCUT2D eigenvalue weighted by atomic mass is 35.5. The van der Waals surface area contributed by atoms with E-state index < -0.39 is 17.8 Å². The summed E-state index contributed by atoms with van der Waals surface area (Å²) in [6, 6.07) is 15.2. The molecule has 0 unspecified atom stereocenters. The second-order valence-electron chi connectivity index (χ2n) is 8.90. The van der Waals surface area contributed by atoms with Gasteiger partial charge in [0.1, 0.15) is 17.9 Å². The van der Waals surface area contributed by atoms with E-state index >= 15 is 0 Å². The number of nitrogens with zero attached hydrogens (tertiary/aromatic N) is 3. The highest BCUT2D eigenvalue weighted by Crippen LogP contribution is 2.35. The van der Waals surface area contributed by atoms with Crippen LogP contribution in [0.15, 0.2) is 66.9 Å². The summed E-state index contributed by atoms with van der Waals surface area (Å²) >= 11 is 13.1. The Morgan fingerprint density at radius 2 is 1.80 bits per heavy atom. The molecule has 0 spiro atoms. The molecular formula is C30H26Cl2N4O5. The Hall–Kier alpha value is -4.47. The fraction of sp³-hybridized carbons (Fsp3) is 0.167. The molecule has 4 aromatic rings. The fourth-order valence-corrected chi connectivity index (χ4v) is 4.44. The van der Waals surface area contributed by atoms with Crippen molar-refractivity contribution in [1.29, 1.82) is 0 Å². The number of nitrogens with one attached hydrogen (secondary N) is 1. The number of benzene rings is 3. The molecule has 1 aromatic heterocycles. The molecule has 0 atom stereocenters. The van der Waals surface area contributed by atoms with Crippen LogP contribution in [0.1, 0.15) is 27.2 Å². The number of amides is 2. The maximum atomic E-state index is 12.9. The molecule has 0 saturated heterocycles. The van der Waals surface area contributed by atoms with Gasteiger partial charge in [0.2, 0.25) is 11.8 Å². The molecule has 41 heavy (non-hydrogen) atoms. The number of aryl methyl sites for hydroxylation is 1. The van der Waals surface area contributed by atoms with Gasteiger partial charge in [0.25, 0.3) is 0 Å². The summed E-state index contributed by atoms with van der Waals surface area (Å²) in [7, 11) is 2.85. The maximum absolute atomic E-state index is 12.9. The van der Waals surface area contributed by atoms with Gasteiger partial charge in [-0.25, -0.2) is 9.78 Å². The summed E-state index contributed by atoms with van der Waals surface area (Å²) < 4.78 is 10.7. The van der Waals surface area contributed by atoms with Gasteiger partial charge in [-0.15, -0.1) is 0 Å². The number of hydrogen-bond acceptors (Lipinski definition) is 7. The standard InChI is InChI=1S/C30H26Cl2N4O5/c1-18-15-33-23-5-4-6-25(29(23)35-18)41-17-21-22(31)12-13-24(28(21)32)36(2)27(38)16-34-26(37)14-9-19-7-10-20(11-8-19)30(39)40-3/h4-15H,16-17H2,1-3H3,(H,34,37). The number of carbonyl (C=O) groups excluding carboxylic acids is 3. The topological polar surface area (TPSA) is 111 Å². The largest absolute Gasteiger partial charge is 0.486 e. The Morgan fingerprint density at radius 1 is 1.05 bits per heavy atom. The van der Waals surface area contributed by atoms with Gasteiger partial charge in [-0.05, 0) is 55.0 Å². The molecule has 0 aliphatic heterocycles. The molecule has 3 aromatic carbocycles. The SMILES string of the molecule is COC(=O)c1ccc(C=CC(=O)NCC(=O)N(C)c2ccc(Cl)c(COc3cccc4ncc(C)nc34)c2Cl)cc1. The Morgan fingerprint density at radius 3 is 2.54 bits per heavy atom. The average Bonchev–Trinajstić information content (AvgIpc) is 2.98. The van der Waals surface area contributed by atoms with Crippen molar-refractivity contribution in [2.24, 2.45) is 0 Å². The molecule has 1 N–H and O–H groups in total. The van der Waals surface area contributed by atoms with E-state index in [4.69, 9.17) is 27.9 Å². The minimum absolute atomic E-state index is 0.0322. The smallest absolute Gasteiger partial charge is 0.337 e. The Balaban J connectivity index is 1.39. The Labute approximate surface area is 246 Å². The van der Waals surface area contributed by atoms with Crippen LogP contribution in [-0.4, -0.2) is 48.5 Å². The Kier molecular flexibility index (Phi) is 9.54. The van der Waals surface area contributed by atoms with E-state index in [9.17, 15) is 14.4 Å². The summed E-state index contributed by atoms with van der Waals surface area (Å²) in [5.74, 6) is -0.787. The van der Waals surface area contributed by atoms with Crippen molar-refractivity contribution >= 4 is 63.8 Å². The lowest BCUT2D eigenvalue weighted by Gasteiger charge is -2.21. The van der Waals surface area contributed by atoms with Crippen LogP contribution in [-0.2, 0) is 20.9 Å². The number of halogens is 2. The van der Waals surface area contributed by atoms with Gasteiger partial charge in [-0.3, -0.25) is 14.6 Å². The van der Waals surface area contributed by atoms with E-state index in [-0.39, 0.29) is 18.2 Å². The van der Waals surface area contributed by atoms with Crippen LogP contribution in [0.4, 0.5) is 5.69 Å². The number of para-hydroxylation sites is 1. The van der Waals surface area contributed by atoms with Crippen molar-refractivity contribution in [3.63, 3.8) is 0 Å². The van der Waals surface area contributed by atoms with E-state index in [1.807, 2.05) is 19.1 Å². The molecule has 0 aliphatic rings. The molecule has 9 nitrogen and oxygen atoms in total. The van der Waals surface area contributed by atoms with Crippen molar-refractivity contribution in [3.8, 4) is 5.75 Å². The normalized spacial score (nSPS) is 11.0. The third-order valence-corrected chi connectivity index (χ3v) is 6.88. The van der Waals surface area contributed by atoms with Gasteiger partial charge in [0.15, 0.2) is 0 Å². The minimum atomic E-state index is -0.464. The molecule has 11 heteroatoms. The van der Waals surface area contributed by atoms with Crippen molar-refractivity contribution in [2.75, 3.05) is 25.6 Å². The van der Waals surface area contributed by atoms with Crippen LogP contribution in [0.2, 0.25) is 10.0 Å².